The zero-order chi connectivity index (χ0) is 22.9. The number of ether oxygens (including phenoxy) is 1. The quantitative estimate of drug-likeness (QED) is 0.374. The van der Waals surface area contributed by atoms with Crippen LogP contribution in [0.25, 0.3) is 6.08 Å². The molecule has 0 radical (unpaired) electrons. The first kappa shape index (κ1) is 23.0. The van der Waals surface area contributed by atoms with Gasteiger partial charge >= 0.3 is 0 Å². The molecule has 4 rings (SSSR count). The van der Waals surface area contributed by atoms with Gasteiger partial charge in [-0.1, -0.05) is 78.9 Å². The number of methoxy groups -OCH3 is 1. The number of carbonyl (C=O) groups excluding carboxylic acids is 1. The topological polar surface area (TPSA) is 41.9 Å². The average molecular weight is 457 g/mol. The molecule has 1 heterocycles. The van der Waals surface area contributed by atoms with Gasteiger partial charge in [0.05, 0.1) is 18.1 Å². The molecule has 0 aromatic heterocycles. The third kappa shape index (κ3) is 6.44. The molecular weight excluding hydrogens is 428 g/mol. The molecule has 0 bridgehead atoms. The van der Waals surface area contributed by atoms with Crippen molar-refractivity contribution in [3.05, 3.63) is 112 Å². The summed E-state index contributed by atoms with van der Waals surface area (Å²) in [5.74, 6) is 0.0250. The van der Waals surface area contributed by atoms with Crippen LogP contribution < -0.4 is 0 Å². The highest BCUT2D eigenvalue weighted by molar-refractivity contribution is 8.18. The fourth-order valence-electron chi connectivity index (χ4n) is 3.74. The van der Waals surface area contributed by atoms with Crippen molar-refractivity contribution in [1.82, 2.24) is 4.90 Å². The molecule has 4 nitrogen and oxygen atoms in total. The van der Waals surface area contributed by atoms with Crippen molar-refractivity contribution < 1.29 is 9.53 Å². The van der Waals surface area contributed by atoms with Gasteiger partial charge in [-0.05, 0) is 59.0 Å². The second-order valence-electron chi connectivity index (χ2n) is 7.92. The minimum Gasteiger partial charge on any atom is -0.380 e. The van der Waals surface area contributed by atoms with E-state index in [1.807, 2.05) is 53.4 Å². The summed E-state index contributed by atoms with van der Waals surface area (Å²) in [6.45, 7) is 1.76. The summed E-state index contributed by atoms with van der Waals surface area (Å²) >= 11 is 1.46. The molecule has 1 aliphatic rings. The molecule has 3 aromatic rings. The van der Waals surface area contributed by atoms with E-state index in [1.165, 1.54) is 17.3 Å². The van der Waals surface area contributed by atoms with Crippen molar-refractivity contribution in [3.63, 3.8) is 0 Å². The molecule has 0 unspecified atom stereocenters. The van der Waals surface area contributed by atoms with Gasteiger partial charge in [0.25, 0.3) is 5.91 Å². The first-order chi connectivity index (χ1) is 16.2. The van der Waals surface area contributed by atoms with E-state index in [4.69, 9.17) is 9.73 Å². The Kier molecular flexibility index (Phi) is 8.12. The number of hydrogen-bond donors (Lipinski definition) is 0. The Hall–Kier alpha value is -3.15. The number of aliphatic imine (C=N–C) groups is 1. The maximum absolute atomic E-state index is 13.3. The van der Waals surface area contributed by atoms with E-state index in [-0.39, 0.29) is 5.91 Å². The highest BCUT2D eigenvalue weighted by Crippen LogP contribution is 2.33. The number of aryl methyl sites for hydroxylation is 1. The summed E-state index contributed by atoms with van der Waals surface area (Å²) in [5.41, 5.74) is 4.49. The predicted octanol–water partition coefficient (Wildman–Crippen LogP) is 5.94. The first-order valence-electron chi connectivity index (χ1n) is 11.1. The third-order valence-corrected chi connectivity index (χ3v) is 6.42. The van der Waals surface area contributed by atoms with Gasteiger partial charge < -0.3 is 4.74 Å². The Morgan fingerprint density at radius 2 is 1.61 bits per heavy atom. The average Bonchev–Trinajstić information content (AvgIpc) is 3.14. The summed E-state index contributed by atoms with van der Waals surface area (Å²) in [4.78, 5) is 20.7. The van der Waals surface area contributed by atoms with Crippen molar-refractivity contribution in [2.45, 2.75) is 26.0 Å². The molecule has 0 N–H and O–H groups in total. The Bertz CT molecular complexity index is 1130. The zero-order valence-electron chi connectivity index (χ0n) is 18.8. The molecule has 1 saturated heterocycles. The second kappa shape index (κ2) is 11.6. The van der Waals surface area contributed by atoms with Gasteiger partial charge in [0.1, 0.15) is 0 Å². The van der Waals surface area contributed by atoms with Crippen LogP contribution in [0.2, 0.25) is 0 Å². The van der Waals surface area contributed by atoms with Crippen molar-refractivity contribution in [3.8, 4) is 0 Å². The summed E-state index contributed by atoms with van der Waals surface area (Å²) in [6, 6.07) is 28.6. The normalized spacial score (nSPS) is 16.2. The summed E-state index contributed by atoms with van der Waals surface area (Å²) in [7, 11) is 1.68. The van der Waals surface area contributed by atoms with Gasteiger partial charge in [0.2, 0.25) is 0 Å². The number of thioether (sulfide) groups is 1. The molecule has 1 amide bonds. The minimum absolute atomic E-state index is 0.0250. The van der Waals surface area contributed by atoms with Crippen LogP contribution in [0.4, 0.5) is 0 Å². The fraction of sp³-hybridized carbons (Fsp3) is 0.214. The molecule has 3 aromatic carbocycles. The van der Waals surface area contributed by atoms with Crippen LogP contribution in [0, 0.1) is 0 Å². The van der Waals surface area contributed by atoms with E-state index in [0.717, 1.165) is 34.7 Å². The lowest BCUT2D eigenvalue weighted by molar-refractivity contribution is -0.122. The SMILES string of the molecule is COCc1cccc(/C=C2\SC(=NCc3ccccc3)N(CCCc3ccccc3)C2=O)c1. The van der Waals surface area contributed by atoms with E-state index < -0.39 is 0 Å². The van der Waals surface area contributed by atoms with Crippen LogP contribution in [0.1, 0.15) is 28.7 Å². The molecule has 1 fully saturated rings. The maximum Gasteiger partial charge on any atom is 0.266 e. The minimum atomic E-state index is 0.0250. The van der Waals surface area contributed by atoms with Crippen LogP contribution in [-0.4, -0.2) is 29.6 Å². The molecular formula is C28H28N2O2S. The fourth-order valence-corrected chi connectivity index (χ4v) is 4.74. The van der Waals surface area contributed by atoms with E-state index >= 15 is 0 Å². The van der Waals surface area contributed by atoms with Crippen molar-refractivity contribution in [2.75, 3.05) is 13.7 Å². The van der Waals surface area contributed by atoms with E-state index in [9.17, 15) is 4.79 Å². The highest BCUT2D eigenvalue weighted by Gasteiger charge is 2.32. The van der Waals surface area contributed by atoms with Gasteiger partial charge in [-0.2, -0.15) is 0 Å². The van der Waals surface area contributed by atoms with Gasteiger partial charge in [0, 0.05) is 13.7 Å². The number of rotatable bonds is 9. The Balaban J connectivity index is 1.53. The number of benzene rings is 3. The standard InChI is InChI=1S/C28H28N2O2S/c1-32-21-25-15-8-14-24(18-25)19-26-27(31)30(17-9-16-22-10-4-2-5-11-22)28(33-26)29-20-23-12-6-3-7-13-23/h2-8,10-15,18-19H,9,16-17,20-21H2,1H3/b26-19-,29-28?. The molecule has 1 aliphatic heterocycles. The van der Waals surface area contributed by atoms with Gasteiger partial charge in [-0.3, -0.25) is 14.7 Å². The van der Waals surface area contributed by atoms with Crippen LogP contribution in [0.3, 0.4) is 0 Å². The first-order valence-corrected chi connectivity index (χ1v) is 12.0. The zero-order valence-corrected chi connectivity index (χ0v) is 19.6. The lowest BCUT2D eigenvalue weighted by atomic mass is 10.1. The van der Waals surface area contributed by atoms with Crippen molar-refractivity contribution in [1.29, 1.82) is 0 Å². The number of carbonyl (C=O) groups is 1. The lowest BCUT2D eigenvalue weighted by Crippen LogP contribution is -2.30. The maximum atomic E-state index is 13.3. The van der Waals surface area contributed by atoms with E-state index in [2.05, 4.69) is 42.5 Å². The Morgan fingerprint density at radius 1 is 0.909 bits per heavy atom. The van der Waals surface area contributed by atoms with Crippen LogP contribution in [-0.2, 0) is 29.1 Å². The number of amidine groups is 1. The Labute approximate surface area is 200 Å². The smallest absolute Gasteiger partial charge is 0.266 e. The highest BCUT2D eigenvalue weighted by atomic mass is 32.2. The molecule has 5 heteroatoms. The molecule has 0 saturated carbocycles. The van der Waals surface area contributed by atoms with Crippen molar-refractivity contribution >= 4 is 28.9 Å². The third-order valence-electron chi connectivity index (χ3n) is 5.38. The summed E-state index contributed by atoms with van der Waals surface area (Å²) < 4.78 is 5.24. The molecule has 0 atom stereocenters. The van der Waals surface area contributed by atoms with Gasteiger partial charge in [-0.25, -0.2) is 0 Å². The van der Waals surface area contributed by atoms with Crippen LogP contribution >= 0.6 is 11.8 Å². The van der Waals surface area contributed by atoms with Crippen LogP contribution in [0.5, 0.6) is 0 Å². The van der Waals surface area contributed by atoms with E-state index in [1.54, 1.807) is 7.11 Å². The molecule has 168 valence electrons. The summed E-state index contributed by atoms with van der Waals surface area (Å²) in [5, 5.41) is 0.774. The Morgan fingerprint density at radius 3 is 2.33 bits per heavy atom. The van der Waals surface area contributed by atoms with Gasteiger partial charge in [0.15, 0.2) is 5.17 Å². The van der Waals surface area contributed by atoms with E-state index in [0.29, 0.717) is 24.6 Å². The molecule has 0 aliphatic carbocycles. The summed E-state index contributed by atoms with van der Waals surface area (Å²) in [6.07, 6.45) is 3.78. The number of hydrogen-bond acceptors (Lipinski definition) is 4. The number of nitrogens with zero attached hydrogens (tertiary/aromatic N) is 2. The predicted molar refractivity (Wildman–Crippen MR) is 137 cm³/mol. The largest absolute Gasteiger partial charge is 0.380 e. The van der Waals surface area contributed by atoms with Crippen LogP contribution in [0.15, 0.2) is 94.8 Å². The number of amides is 1. The molecule has 0 spiro atoms. The van der Waals surface area contributed by atoms with Gasteiger partial charge in [-0.15, -0.1) is 0 Å². The second-order valence-corrected chi connectivity index (χ2v) is 8.93. The van der Waals surface area contributed by atoms with Crippen molar-refractivity contribution in [2.24, 2.45) is 4.99 Å². The lowest BCUT2D eigenvalue weighted by Gasteiger charge is -2.15. The molecule has 33 heavy (non-hydrogen) atoms. The monoisotopic (exact) mass is 456 g/mol.